The molecule has 148 valence electrons. The Balaban J connectivity index is 1.45. The standard InChI is InChI=1S/C19H20N2O5S2/c22-9(23)6-21-16(24)10-7-5-8(11(10)17(21)25)13-12(7)19(3-1-2-4-19)14-15(27-13)20-18(26)28-14/h7-8,10-13H,1-6H2,(H,20,26)(H,22,23)/t7-,8+,10-,11+,12+,13-/m0/s1. The lowest BCUT2D eigenvalue weighted by Gasteiger charge is -2.49. The summed E-state index contributed by atoms with van der Waals surface area (Å²) in [5, 5.41) is 10.3. The van der Waals surface area contributed by atoms with Gasteiger partial charge in [-0.15, -0.1) is 11.8 Å². The highest BCUT2D eigenvalue weighted by atomic mass is 32.2. The molecule has 2 aliphatic heterocycles. The third kappa shape index (κ3) is 1.92. The van der Waals surface area contributed by atoms with Crippen molar-refractivity contribution in [3.63, 3.8) is 0 Å². The predicted molar refractivity (Wildman–Crippen MR) is 101 cm³/mol. The number of rotatable bonds is 2. The van der Waals surface area contributed by atoms with E-state index in [0.717, 1.165) is 42.0 Å². The molecule has 28 heavy (non-hydrogen) atoms. The molecular formula is C19H20N2O5S2. The van der Waals surface area contributed by atoms with Crippen LogP contribution in [0.3, 0.4) is 0 Å². The maximum Gasteiger partial charge on any atom is 0.323 e. The Labute approximate surface area is 168 Å². The molecule has 6 atom stereocenters. The first kappa shape index (κ1) is 17.3. The van der Waals surface area contributed by atoms with Crippen LogP contribution in [-0.4, -0.2) is 44.6 Å². The molecule has 1 spiro atoms. The van der Waals surface area contributed by atoms with Crippen molar-refractivity contribution in [3.05, 3.63) is 14.5 Å². The predicted octanol–water partition coefficient (Wildman–Crippen LogP) is 1.67. The number of nitrogens with one attached hydrogen (secondary N) is 1. The van der Waals surface area contributed by atoms with Crippen LogP contribution in [0.4, 0.5) is 0 Å². The molecule has 4 fully saturated rings. The van der Waals surface area contributed by atoms with Crippen LogP contribution in [0, 0.1) is 29.6 Å². The molecule has 9 heteroatoms. The van der Waals surface area contributed by atoms with E-state index in [2.05, 4.69) is 4.98 Å². The Morgan fingerprint density at radius 3 is 2.50 bits per heavy atom. The van der Waals surface area contributed by atoms with Gasteiger partial charge in [-0.3, -0.25) is 24.1 Å². The highest BCUT2D eigenvalue weighted by Crippen LogP contribution is 2.71. The molecule has 1 aromatic rings. The number of aromatic amines is 1. The fourth-order valence-electron chi connectivity index (χ4n) is 7.26. The van der Waals surface area contributed by atoms with E-state index >= 15 is 0 Å². The SMILES string of the molecule is O=C(O)CN1C(=O)[C@@H]2[C@H]3C[C@@H]([C@@H]2C1=O)[C@@H]1[C@H]3Sc2[nH]c(=O)sc2C12CCCC2. The molecular weight excluding hydrogens is 400 g/mol. The maximum absolute atomic E-state index is 13.0. The fraction of sp³-hybridized carbons (Fsp3) is 0.684. The number of imide groups is 1. The van der Waals surface area contributed by atoms with Crippen molar-refractivity contribution in [3.8, 4) is 0 Å². The summed E-state index contributed by atoms with van der Waals surface area (Å²) in [6.45, 7) is -0.529. The van der Waals surface area contributed by atoms with E-state index in [1.54, 1.807) is 11.8 Å². The second-order valence-electron chi connectivity index (χ2n) is 8.92. The first-order valence-corrected chi connectivity index (χ1v) is 11.6. The highest BCUT2D eigenvalue weighted by Gasteiger charge is 2.72. The van der Waals surface area contributed by atoms with Gasteiger partial charge in [0, 0.05) is 15.5 Å². The Hall–Kier alpha value is -1.61. The lowest BCUT2D eigenvalue weighted by molar-refractivity contribution is -0.150. The molecule has 6 rings (SSSR count). The number of aromatic nitrogens is 1. The Morgan fingerprint density at radius 2 is 1.82 bits per heavy atom. The summed E-state index contributed by atoms with van der Waals surface area (Å²) < 4.78 is 0. The molecule has 2 N–H and O–H groups in total. The number of thiazole rings is 1. The minimum absolute atomic E-state index is 0.0175. The van der Waals surface area contributed by atoms with Crippen LogP contribution in [0.15, 0.2) is 9.82 Å². The van der Waals surface area contributed by atoms with Gasteiger partial charge in [-0.1, -0.05) is 24.2 Å². The van der Waals surface area contributed by atoms with Crippen molar-refractivity contribution in [1.29, 1.82) is 0 Å². The Bertz CT molecular complexity index is 977. The number of carbonyl (C=O) groups is 3. The van der Waals surface area contributed by atoms with Crippen molar-refractivity contribution >= 4 is 40.9 Å². The zero-order chi connectivity index (χ0) is 19.4. The van der Waals surface area contributed by atoms with Crippen LogP contribution >= 0.6 is 23.1 Å². The number of H-pyrrole nitrogens is 1. The van der Waals surface area contributed by atoms with Crippen LogP contribution in [0.25, 0.3) is 0 Å². The van der Waals surface area contributed by atoms with Crippen LogP contribution in [-0.2, 0) is 19.8 Å². The summed E-state index contributed by atoms with van der Waals surface area (Å²) in [6, 6.07) is 0. The molecule has 2 amide bonds. The van der Waals surface area contributed by atoms with Crippen molar-refractivity contribution in [2.45, 2.75) is 47.8 Å². The summed E-state index contributed by atoms with van der Waals surface area (Å²) >= 11 is 3.02. The van der Waals surface area contributed by atoms with Gasteiger partial charge in [0.1, 0.15) is 6.54 Å². The van der Waals surface area contributed by atoms with E-state index in [-0.39, 0.29) is 51.0 Å². The second-order valence-corrected chi connectivity index (χ2v) is 11.1. The summed E-state index contributed by atoms with van der Waals surface area (Å²) in [5.74, 6) is -1.96. The smallest absolute Gasteiger partial charge is 0.323 e. The largest absolute Gasteiger partial charge is 0.480 e. The number of nitrogens with zero attached hydrogens (tertiary/aromatic N) is 1. The zero-order valence-electron chi connectivity index (χ0n) is 15.1. The fourth-order valence-corrected chi connectivity index (χ4v) is 10.4. The summed E-state index contributed by atoms with van der Waals surface area (Å²) in [7, 11) is 0. The number of thioether (sulfide) groups is 1. The number of hydrogen-bond acceptors (Lipinski definition) is 6. The number of carboxylic acid groups (broad SMARTS) is 1. The molecule has 0 aromatic carbocycles. The molecule has 0 unspecified atom stereocenters. The van der Waals surface area contributed by atoms with E-state index < -0.39 is 12.5 Å². The quantitative estimate of drug-likeness (QED) is 0.705. The van der Waals surface area contributed by atoms with Crippen LogP contribution in [0.5, 0.6) is 0 Å². The first-order valence-electron chi connectivity index (χ1n) is 9.89. The Kier molecular flexibility index (Phi) is 3.39. The first-order chi connectivity index (χ1) is 13.4. The lowest BCUT2D eigenvalue weighted by Crippen LogP contribution is -2.49. The van der Waals surface area contributed by atoms with E-state index in [1.807, 2.05) is 0 Å². The molecule has 3 saturated carbocycles. The van der Waals surface area contributed by atoms with Crippen molar-refractivity contribution < 1.29 is 19.5 Å². The number of hydrogen-bond donors (Lipinski definition) is 2. The maximum atomic E-state index is 13.0. The monoisotopic (exact) mass is 420 g/mol. The second kappa shape index (κ2) is 5.50. The molecule has 5 aliphatic rings. The zero-order valence-corrected chi connectivity index (χ0v) is 16.7. The van der Waals surface area contributed by atoms with Crippen LogP contribution in [0.2, 0.25) is 0 Å². The summed E-state index contributed by atoms with van der Waals surface area (Å²) in [5.41, 5.74) is -0.0526. The van der Waals surface area contributed by atoms with Gasteiger partial charge in [-0.05, 0) is 37.0 Å². The number of amides is 2. The topological polar surface area (TPSA) is 108 Å². The minimum atomic E-state index is -1.15. The van der Waals surface area contributed by atoms with Gasteiger partial charge < -0.3 is 10.1 Å². The number of likely N-dealkylation sites (tertiary alicyclic amines) is 1. The third-order valence-corrected chi connectivity index (χ3v) is 10.6. The molecule has 1 aromatic heterocycles. The van der Waals surface area contributed by atoms with Gasteiger partial charge >= 0.3 is 10.8 Å². The average Bonchev–Trinajstić information content (AvgIpc) is 3.41. The minimum Gasteiger partial charge on any atom is -0.480 e. The summed E-state index contributed by atoms with van der Waals surface area (Å²) in [4.78, 5) is 54.4. The van der Waals surface area contributed by atoms with Crippen molar-refractivity contribution in [2.75, 3.05) is 6.54 Å². The molecule has 3 heterocycles. The van der Waals surface area contributed by atoms with Gasteiger partial charge in [0.2, 0.25) is 11.8 Å². The lowest BCUT2D eigenvalue weighted by atomic mass is 9.61. The van der Waals surface area contributed by atoms with Gasteiger partial charge in [0.25, 0.3) is 0 Å². The third-order valence-electron chi connectivity index (χ3n) is 7.94. The molecule has 3 aliphatic carbocycles. The molecule has 1 saturated heterocycles. The van der Waals surface area contributed by atoms with E-state index in [9.17, 15) is 19.2 Å². The van der Waals surface area contributed by atoms with Crippen molar-refractivity contribution in [2.24, 2.45) is 29.6 Å². The number of fused-ring (bicyclic) bond motifs is 11. The van der Waals surface area contributed by atoms with Crippen molar-refractivity contribution in [1.82, 2.24) is 9.88 Å². The number of carbonyl (C=O) groups excluding carboxylic acids is 2. The Morgan fingerprint density at radius 1 is 1.14 bits per heavy atom. The van der Waals surface area contributed by atoms with Crippen LogP contribution in [0.1, 0.15) is 37.0 Å². The van der Waals surface area contributed by atoms with Gasteiger partial charge in [-0.2, -0.15) is 0 Å². The van der Waals surface area contributed by atoms with E-state index in [0.29, 0.717) is 5.92 Å². The van der Waals surface area contributed by atoms with Gasteiger partial charge in [0.15, 0.2) is 0 Å². The average molecular weight is 421 g/mol. The van der Waals surface area contributed by atoms with E-state index in [4.69, 9.17) is 5.11 Å². The number of carboxylic acids is 1. The van der Waals surface area contributed by atoms with Crippen LogP contribution < -0.4 is 4.87 Å². The number of aliphatic carboxylic acids is 1. The van der Waals surface area contributed by atoms with E-state index in [1.165, 1.54) is 16.2 Å². The normalized spacial score (nSPS) is 39.5. The highest BCUT2D eigenvalue weighted by molar-refractivity contribution is 8.00. The van der Waals surface area contributed by atoms with Gasteiger partial charge in [0.05, 0.1) is 16.9 Å². The molecule has 2 bridgehead atoms. The van der Waals surface area contributed by atoms with Gasteiger partial charge in [-0.25, -0.2) is 0 Å². The molecule has 0 radical (unpaired) electrons. The molecule has 7 nitrogen and oxygen atoms in total. The summed E-state index contributed by atoms with van der Waals surface area (Å²) in [6.07, 6.45) is 5.21.